The number of carbonyl (C=O) groups is 2. The lowest BCUT2D eigenvalue weighted by Gasteiger charge is -2.34. The van der Waals surface area contributed by atoms with Crippen LogP contribution in [0.3, 0.4) is 0 Å². The van der Waals surface area contributed by atoms with Gasteiger partial charge >= 0.3 is 0 Å². The minimum Gasteiger partial charge on any atom is -0.352 e. The summed E-state index contributed by atoms with van der Waals surface area (Å²) in [6, 6.07) is 8.24. The van der Waals surface area contributed by atoms with E-state index in [9.17, 15) is 9.59 Å². The molecule has 1 atom stereocenters. The van der Waals surface area contributed by atoms with Crippen LogP contribution in [0.5, 0.6) is 0 Å². The number of piperidine rings is 2. The average Bonchev–Trinajstić information content (AvgIpc) is 2.73. The molecule has 1 unspecified atom stereocenters. The van der Waals surface area contributed by atoms with Gasteiger partial charge in [0.25, 0.3) is 0 Å². The molecule has 2 N–H and O–H groups in total. The molecular weight excluding hydrogens is 350 g/mol. The van der Waals surface area contributed by atoms with Crippen LogP contribution in [0.25, 0.3) is 0 Å². The molecule has 3 rings (SSSR count). The number of likely N-dealkylation sites (tertiary alicyclic amines) is 1. The van der Waals surface area contributed by atoms with Crippen molar-refractivity contribution in [2.75, 3.05) is 26.2 Å². The Morgan fingerprint density at radius 1 is 1.11 bits per heavy atom. The van der Waals surface area contributed by atoms with Gasteiger partial charge in [0.05, 0.1) is 0 Å². The molecular formula is C23H35N3O2. The highest BCUT2D eigenvalue weighted by molar-refractivity contribution is 5.80. The van der Waals surface area contributed by atoms with Gasteiger partial charge < -0.3 is 15.5 Å². The van der Waals surface area contributed by atoms with Crippen LogP contribution in [-0.2, 0) is 16.1 Å². The Balaban J connectivity index is 1.38. The first-order valence-electron chi connectivity index (χ1n) is 10.8. The van der Waals surface area contributed by atoms with Crippen LogP contribution in [0.15, 0.2) is 24.3 Å². The number of amides is 2. The highest BCUT2D eigenvalue weighted by Gasteiger charge is 2.29. The van der Waals surface area contributed by atoms with Crippen LogP contribution >= 0.6 is 0 Å². The van der Waals surface area contributed by atoms with E-state index in [1.54, 1.807) is 0 Å². The van der Waals surface area contributed by atoms with Crippen molar-refractivity contribution in [3.8, 4) is 0 Å². The van der Waals surface area contributed by atoms with Crippen molar-refractivity contribution < 1.29 is 9.59 Å². The topological polar surface area (TPSA) is 61.4 Å². The Hall–Kier alpha value is -1.88. The minimum atomic E-state index is 0.0244. The Bertz CT molecular complexity index is 644. The smallest absolute Gasteiger partial charge is 0.223 e. The molecule has 0 spiro atoms. The molecule has 154 valence electrons. The lowest BCUT2D eigenvalue weighted by atomic mass is 9.83. The number of nitrogens with one attached hydrogen (secondary N) is 2. The number of carbonyl (C=O) groups excluding carboxylic acids is 2. The summed E-state index contributed by atoms with van der Waals surface area (Å²) in [5, 5.41) is 6.45. The zero-order chi connectivity index (χ0) is 19.9. The maximum absolute atomic E-state index is 12.7. The molecule has 1 aromatic rings. The van der Waals surface area contributed by atoms with Crippen molar-refractivity contribution in [2.24, 2.45) is 17.8 Å². The fourth-order valence-corrected chi connectivity index (χ4v) is 4.42. The van der Waals surface area contributed by atoms with Crippen LogP contribution in [0.1, 0.15) is 50.2 Å². The quantitative estimate of drug-likeness (QED) is 0.792. The van der Waals surface area contributed by atoms with E-state index >= 15 is 0 Å². The lowest BCUT2D eigenvalue weighted by Crippen LogP contribution is -2.43. The van der Waals surface area contributed by atoms with Gasteiger partial charge in [0, 0.05) is 32.0 Å². The minimum absolute atomic E-state index is 0.0244. The van der Waals surface area contributed by atoms with Crippen molar-refractivity contribution in [1.29, 1.82) is 0 Å². The van der Waals surface area contributed by atoms with E-state index in [0.717, 1.165) is 31.5 Å². The Morgan fingerprint density at radius 2 is 1.75 bits per heavy atom. The van der Waals surface area contributed by atoms with Gasteiger partial charge in [0.1, 0.15) is 0 Å². The van der Waals surface area contributed by atoms with E-state index in [1.807, 2.05) is 4.90 Å². The monoisotopic (exact) mass is 385 g/mol. The largest absolute Gasteiger partial charge is 0.352 e. The maximum Gasteiger partial charge on any atom is 0.223 e. The lowest BCUT2D eigenvalue weighted by molar-refractivity contribution is -0.136. The van der Waals surface area contributed by atoms with Crippen molar-refractivity contribution in [2.45, 2.75) is 52.5 Å². The molecule has 28 heavy (non-hydrogen) atoms. The zero-order valence-corrected chi connectivity index (χ0v) is 17.4. The summed E-state index contributed by atoms with van der Waals surface area (Å²) in [5.41, 5.74) is 2.35. The first kappa shape index (κ1) is 20.8. The summed E-state index contributed by atoms with van der Waals surface area (Å²) in [5.74, 6) is 1.53. The van der Waals surface area contributed by atoms with E-state index in [-0.39, 0.29) is 17.7 Å². The van der Waals surface area contributed by atoms with Crippen LogP contribution < -0.4 is 10.6 Å². The van der Waals surface area contributed by atoms with Crippen LogP contribution in [0.2, 0.25) is 0 Å². The summed E-state index contributed by atoms with van der Waals surface area (Å²) in [6.45, 7) is 8.43. The maximum atomic E-state index is 12.7. The molecule has 2 saturated heterocycles. The SMILES string of the molecule is Cc1ccc(CNC(=O)C2CCN(C(=O)CC(C)C3CCNCC3)CC2)cc1. The van der Waals surface area contributed by atoms with Crippen molar-refractivity contribution >= 4 is 11.8 Å². The third-order valence-electron chi connectivity index (χ3n) is 6.49. The van der Waals surface area contributed by atoms with Gasteiger partial charge in [-0.05, 0) is 63.1 Å². The fraction of sp³-hybridized carbons (Fsp3) is 0.652. The molecule has 0 aromatic heterocycles. The van der Waals surface area contributed by atoms with E-state index in [0.29, 0.717) is 37.9 Å². The molecule has 2 aliphatic rings. The molecule has 5 heteroatoms. The van der Waals surface area contributed by atoms with Gasteiger partial charge in [-0.25, -0.2) is 0 Å². The Morgan fingerprint density at radius 3 is 2.39 bits per heavy atom. The molecule has 0 saturated carbocycles. The number of benzene rings is 1. The van der Waals surface area contributed by atoms with Gasteiger partial charge in [0.15, 0.2) is 0 Å². The highest BCUT2D eigenvalue weighted by atomic mass is 16.2. The van der Waals surface area contributed by atoms with Gasteiger partial charge in [-0.2, -0.15) is 0 Å². The molecule has 0 aliphatic carbocycles. The predicted octanol–water partition coefficient (Wildman–Crippen LogP) is 2.88. The molecule has 2 aliphatic heterocycles. The van der Waals surface area contributed by atoms with E-state index < -0.39 is 0 Å². The number of hydrogen-bond acceptors (Lipinski definition) is 3. The number of aryl methyl sites for hydroxylation is 1. The van der Waals surface area contributed by atoms with E-state index in [2.05, 4.69) is 48.7 Å². The molecule has 2 amide bonds. The van der Waals surface area contributed by atoms with Crippen molar-refractivity contribution in [1.82, 2.24) is 15.5 Å². The van der Waals surface area contributed by atoms with Crippen LogP contribution in [0.4, 0.5) is 0 Å². The summed E-state index contributed by atoms with van der Waals surface area (Å²) < 4.78 is 0. The van der Waals surface area contributed by atoms with Crippen molar-refractivity contribution in [3.63, 3.8) is 0 Å². The second kappa shape index (κ2) is 10.1. The molecule has 0 bridgehead atoms. The molecule has 0 radical (unpaired) electrons. The average molecular weight is 386 g/mol. The fourth-order valence-electron chi connectivity index (χ4n) is 4.42. The third-order valence-corrected chi connectivity index (χ3v) is 6.49. The summed E-state index contributed by atoms with van der Waals surface area (Å²) >= 11 is 0. The van der Waals surface area contributed by atoms with Gasteiger partial charge in [-0.15, -0.1) is 0 Å². The third kappa shape index (κ3) is 5.81. The van der Waals surface area contributed by atoms with E-state index in [4.69, 9.17) is 0 Å². The standard InChI is InChI=1S/C23H35N3O2/c1-17-3-5-19(6-4-17)16-25-23(28)21-9-13-26(14-10-21)22(27)15-18(2)20-7-11-24-12-8-20/h3-6,18,20-21,24H,7-16H2,1-2H3,(H,25,28). The van der Waals surface area contributed by atoms with E-state index in [1.165, 1.54) is 18.4 Å². The number of rotatable bonds is 6. The van der Waals surface area contributed by atoms with Crippen molar-refractivity contribution in [3.05, 3.63) is 35.4 Å². The van der Waals surface area contributed by atoms with Gasteiger partial charge in [0.2, 0.25) is 11.8 Å². The summed E-state index contributed by atoms with van der Waals surface area (Å²) in [4.78, 5) is 27.1. The Kier molecular flexibility index (Phi) is 7.49. The second-order valence-electron chi connectivity index (χ2n) is 8.63. The van der Waals surface area contributed by atoms with Gasteiger partial charge in [-0.1, -0.05) is 36.8 Å². The first-order chi connectivity index (χ1) is 13.5. The van der Waals surface area contributed by atoms with Crippen LogP contribution in [-0.4, -0.2) is 42.9 Å². The molecule has 1 aromatic carbocycles. The summed E-state index contributed by atoms with van der Waals surface area (Å²) in [7, 11) is 0. The normalized spacial score (nSPS) is 20.0. The Labute approximate surface area is 169 Å². The first-order valence-corrected chi connectivity index (χ1v) is 10.8. The highest BCUT2D eigenvalue weighted by Crippen LogP contribution is 2.26. The molecule has 2 fully saturated rings. The second-order valence-corrected chi connectivity index (χ2v) is 8.63. The summed E-state index contributed by atoms with van der Waals surface area (Å²) in [6.07, 6.45) is 4.55. The van der Waals surface area contributed by atoms with Crippen LogP contribution in [0, 0.1) is 24.7 Å². The number of nitrogens with zero attached hydrogens (tertiary/aromatic N) is 1. The number of hydrogen-bond donors (Lipinski definition) is 2. The van der Waals surface area contributed by atoms with Gasteiger partial charge in [-0.3, -0.25) is 9.59 Å². The molecule has 2 heterocycles. The molecule has 5 nitrogen and oxygen atoms in total. The predicted molar refractivity (Wildman–Crippen MR) is 112 cm³/mol. The zero-order valence-electron chi connectivity index (χ0n) is 17.4.